The first-order valence-corrected chi connectivity index (χ1v) is 9.26. The van der Waals surface area contributed by atoms with Crippen molar-refractivity contribution in [1.82, 2.24) is 0 Å². The number of hydrogen-bond donors (Lipinski definition) is 1. The van der Waals surface area contributed by atoms with Gasteiger partial charge in [-0.15, -0.1) is 0 Å². The molecular weight excluding hydrogens is 300 g/mol. The van der Waals surface area contributed by atoms with Crippen molar-refractivity contribution in [2.75, 3.05) is 19.6 Å². The maximum Gasteiger partial charge on any atom is 0.124 e. The maximum atomic E-state index is 10.4. The topological polar surface area (TPSA) is 83.2 Å². The third-order valence-electron chi connectivity index (χ3n) is 3.32. The van der Waals surface area contributed by atoms with E-state index in [-0.39, 0.29) is 4.90 Å². The molecular formula is C16H30N2O3S. The van der Waals surface area contributed by atoms with Gasteiger partial charge in [-0.2, -0.15) is 5.84 Å². The van der Waals surface area contributed by atoms with Gasteiger partial charge in [0, 0.05) is 0 Å². The summed E-state index contributed by atoms with van der Waals surface area (Å²) in [6, 6.07) is 5.78. The molecule has 0 saturated carbocycles. The second-order valence-corrected chi connectivity index (χ2v) is 7.04. The molecule has 0 atom stereocenters. The number of aryl methyl sites for hydroxylation is 1. The van der Waals surface area contributed by atoms with Crippen molar-refractivity contribution < 1.29 is 17.6 Å². The zero-order valence-corrected chi connectivity index (χ0v) is 15.0. The fourth-order valence-corrected chi connectivity index (χ4v) is 2.85. The monoisotopic (exact) mass is 330 g/mol. The van der Waals surface area contributed by atoms with Gasteiger partial charge < -0.3 is 4.55 Å². The summed E-state index contributed by atoms with van der Waals surface area (Å²) in [5.41, 5.74) is 0.928. The van der Waals surface area contributed by atoms with Gasteiger partial charge in [0.25, 0.3) is 0 Å². The zero-order chi connectivity index (χ0) is 17.2. The van der Waals surface area contributed by atoms with Crippen molar-refractivity contribution in [3.63, 3.8) is 0 Å². The molecule has 0 spiro atoms. The highest BCUT2D eigenvalue weighted by Crippen LogP contribution is 2.08. The Hall–Kier alpha value is -0.950. The Morgan fingerprint density at radius 1 is 0.955 bits per heavy atom. The van der Waals surface area contributed by atoms with Crippen LogP contribution in [-0.4, -0.2) is 37.2 Å². The summed E-state index contributed by atoms with van der Waals surface area (Å²) in [5.74, 6) is 6.17. The molecule has 0 fully saturated rings. The van der Waals surface area contributed by atoms with Gasteiger partial charge in [-0.3, -0.25) is 0 Å². The van der Waals surface area contributed by atoms with Gasteiger partial charge >= 0.3 is 0 Å². The summed E-state index contributed by atoms with van der Waals surface area (Å²) >= 11 is 0. The number of benzene rings is 1. The van der Waals surface area contributed by atoms with Gasteiger partial charge in [0.05, 0.1) is 24.5 Å². The molecule has 0 aliphatic heterocycles. The first kappa shape index (κ1) is 21.0. The van der Waals surface area contributed by atoms with E-state index in [1.165, 1.54) is 31.4 Å². The number of quaternary nitrogens is 1. The van der Waals surface area contributed by atoms with Gasteiger partial charge in [-0.05, 0) is 38.3 Å². The van der Waals surface area contributed by atoms with E-state index in [1.54, 1.807) is 12.1 Å². The molecule has 128 valence electrons. The Labute approximate surface area is 135 Å². The summed E-state index contributed by atoms with van der Waals surface area (Å²) < 4.78 is 31.9. The van der Waals surface area contributed by atoms with Crippen molar-refractivity contribution >= 4 is 10.1 Å². The fourth-order valence-electron chi connectivity index (χ4n) is 2.38. The van der Waals surface area contributed by atoms with Crippen LogP contribution in [0.4, 0.5) is 0 Å². The van der Waals surface area contributed by atoms with Crippen molar-refractivity contribution in [2.45, 2.75) is 51.9 Å². The molecule has 22 heavy (non-hydrogen) atoms. The number of hydrogen-bond acceptors (Lipinski definition) is 4. The molecule has 1 aromatic rings. The van der Waals surface area contributed by atoms with Crippen molar-refractivity contribution in [2.24, 2.45) is 5.84 Å². The third-order valence-corrected chi connectivity index (χ3v) is 4.17. The second-order valence-electron chi connectivity index (χ2n) is 5.66. The lowest BCUT2D eigenvalue weighted by Gasteiger charge is -2.31. The first-order valence-electron chi connectivity index (χ1n) is 7.85. The largest absolute Gasteiger partial charge is 0.744 e. The van der Waals surface area contributed by atoms with Crippen LogP contribution in [0.1, 0.15) is 45.6 Å². The minimum atomic E-state index is -4.27. The first-order chi connectivity index (χ1) is 10.2. The van der Waals surface area contributed by atoms with E-state index >= 15 is 0 Å². The number of nitrogens with two attached hydrogens (primary N) is 1. The van der Waals surface area contributed by atoms with Crippen LogP contribution in [0.3, 0.4) is 0 Å². The van der Waals surface area contributed by atoms with E-state index in [4.69, 9.17) is 5.84 Å². The smallest absolute Gasteiger partial charge is 0.124 e. The highest BCUT2D eigenvalue weighted by atomic mass is 32.2. The standard InChI is InChI=1S/C9H23N2.C7H8O3S/c1-4-7-11(10,8-5-2)9-6-3;1-6-2-4-7(5-3-6)11(8,9)10/h4-10H2,1-3H3;2-5H,1H3,(H,8,9,10)/q+1;/p-1. The normalized spacial score (nSPS) is 11.7. The van der Waals surface area contributed by atoms with E-state index in [0.717, 1.165) is 29.8 Å². The number of rotatable bonds is 7. The van der Waals surface area contributed by atoms with Crippen LogP contribution >= 0.6 is 0 Å². The molecule has 0 unspecified atom stereocenters. The summed E-state index contributed by atoms with van der Waals surface area (Å²) in [6.45, 7) is 11.8. The van der Waals surface area contributed by atoms with Crippen molar-refractivity contribution in [3.8, 4) is 0 Å². The van der Waals surface area contributed by atoms with E-state index in [2.05, 4.69) is 20.8 Å². The van der Waals surface area contributed by atoms with Crippen molar-refractivity contribution in [3.05, 3.63) is 29.8 Å². The molecule has 0 radical (unpaired) electrons. The lowest BCUT2D eigenvalue weighted by molar-refractivity contribution is -0.940. The Bertz CT molecular complexity index is 496. The lowest BCUT2D eigenvalue weighted by Crippen LogP contribution is -2.55. The molecule has 0 aromatic heterocycles. The zero-order valence-electron chi connectivity index (χ0n) is 14.2. The second kappa shape index (κ2) is 9.94. The lowest BCUT2D eigenvalue weighted by atomic mass is 10.2. The van der Waals surface area contributed by atoms with Crippen LogP contribution in [0.5, 0.6) is 0 Å². The summed E-state index contributed by atoms with van der Waals surface area (Å²) in [5, 5.41) is 0. The van der Waals surface area contributed by atoms with Crippen LogP contribution in [-0.2, 0) is 10.1 Å². The number of nitrogens with zero attached hydrogens (tertiary/aromatic N) is 1. The van der Waals surface area contributed by atoms with Gasteiger partial charge in [-0.25, -0.2) is 13.0 Å². The van der Waals surface area contributed by atoms with Gasteiger partial charge in [0.15, 0.2) is 0 Å². The van der Waals surface area contributed by atoms with Gasteiger partial charge in [0.1, 0.15) is 10.1 Å². The average molecular weight is 330 g/mol. The van der Waals surface area contributed by atoms with Crippen LogP contribution in [0.25, 0.3) is 0 Å². The molecule has 1 aromatic carbocycles. The van der Waals surface area contributed by atoms with E-state index < -0.39 is 10.1 Å². The maximum absolute atomic E-state index is 10.4. The third kappa shape index (κ3) is 8.48. The Balaban J connectivity index is 0.000000401. The quantitative estimate of drug-likeness (QED) is 0.361. The summed E-state index contributed by atoms with van der Waals surface area (Å²) in [7, 11) is -4.27. The minimum absolute atomic E-state index is 0.178. The van der Waals surface area contributed by atoms with Crippen LogP contribution in [0.15, 0.2) is 29.2 Å². The molecule has 0 saturated heterocycles. The van der Waals surface area contributed by atoms with Crippen LogP contribution in [0.2, 0.25) is 0 Å². The molecule has 5 nitrogen and oxygen atoms in total. The highest BCUT2D eigenvalue weighted by molar-refractivity contribution is 7.85. The minimum Gasteiger partial charge on any atom is -0.744 e. The SMILES string of the molecule is CCC[N+](N)(CCC)CCC.Cc1ccc(S(=O)(=O)[O-])cc1. The van der Waals surface area contributed by atoms with Gasteiger partial charge in [0.2, 0.25) is 0 Å². The Morgan fingerprint density at radius 3 is 1.59 bits per heavy atom. The summed E-state index contributed by atoms with van der Waals surface area (Å²) in [4.78, 5) is -0.178. The molecule has 0 aliphatic carbocycles. The van der Waals surface area contributed by atoms with Gasteiger partial charge in [-0.1, -0.05) is 38.5 Å². The molecule has 2 N–H and O–H groups in total. The van der Waals surface area contributed by atoms with E-state index in [1.807, 2.05) is 6.92 Å². The molecule has 0 heterocycles. The van der Waals surface area contributed by atoms with Crippen LogP contribution < -0.4 is 5.84 Å². The molecule has 0 aliphatic rings. The predicted octanol–water partition coefficient (Wildman–Crippen LogP) is 2.81. The fraction of sp³-hybridized carbons (Fsp3) is 0.625. The molecule has 6 heteroatoms. The average Bonchev–Trinajstić information content (AvgIpc) is 2.39. The van der Waals surface area contributed by atoms with Crippen LogP contribution in [0, 0.1) is 6.92 Å². The molecule has 1 rings (SSSR count). The molecule has 0 bridgehead atoms. The highest BCUT2D eigenvalue weighted by Gasteiger charge is 2.18. The van der Waals surface area contributed by atoms with Crippen molar-refractivity contribution in [1.29, 1.82) is 0 Å². The molecule has 0 amide bonds. The predicted molar refractivity (Wildman–Crippen MR) is 89.1 cm³/mol. The summed E-state index contributed by atoms with van der Waals surface area (Å²) in [6.07, 6.45) is 3.57. The van der Waals surface area contributed by atoms with E-state index in [0.29, 0.717) is 0 Å². The Kier molecular flexibility index (Phi) is 9.51. The van der Waals surface area contributed by atoms with E-state index in [9.17, 15) is 13.0 Å². The Morgan fingerprint density at radius 2 is 1.32 bits per heavy atom.